The molecule has 1 amide bonds. The van der Waals surface area contributed by atoms with Crippen LogP contribution in [-0.2, 0) is 11.3 Å². The number of para-hydroxylation sites is 3. The largest absolute Gasteiger partial charge is 0.506 e. The molecule has 0 bridgehead atoms. The minimum Gasteiger partial charge on any atom is -0.506 e. The molecule has 6 heteroatoms. The predicted octanol–water partition coefficient (Wildman–Crippen LogP) is 1.78. The molecule has 0 unspecified atom stereocenters. The maximum Gasteiger partial charge on any atom is 0.246 e. The zero-order valence-electron chi connectivity index (χ0n) is 10.5. The standard InChI is InChI=1S/C14H12N4O2/c19-13-8-4-2-6-11(13)15-14(20)9-18-12-7-3-1-5-10(12)16-17-18/h1-8,19H,9H2,(H,15,20). The third kappa shape index (κ3) is 2.31. The number of rotatable bonds is 3. The SMILES string of the molecule is O=C(Cn1nnc2ccccc21)Nc1ccccc1O. The molecule has 0 aliphatic carbocycles. The minimum absolute atomic E-state index is 0.0318. The molecule has 20 heavy (non-hydrogen) atoms. The Morgan fingerprint density at radius 2 is 1.90 bits per heavy atom. The number of carbonyl (C=O) groups is 1. The fourth-order valence-corrected chi connectivity index (χ4v) is 1.94. The van der Waals surface area contributed by atoms with Crippen LogP contribution >= 0.6 is 0 Å². The smallest absolute Gasteiger partial charge is 0.246 e. The molecule has 6 nitrogen and oxygen atoms in total. The number of fused-ring (bicyclic) bond motifs is 1. The topological polar surface area (TPSA) is 80.0 Å². The summed E-state index contributed by atoms with van der Waals surface area (Å²) in [4.78, 5) is 12.0. The van der Waals surface area contributed by atoms with Crippen molar-refractivity contribution in [2.45, 2.75) is 6.54 Å². The van der Waals surface area contributed by atoms with Crippen molar-refractivity contribution < 1.29 is 9.90 Å². The number of nitrogens with one attached hydrogen (secondary N) is 1. The summed E-state index contributed by atoms with van der Waals surface area (Å²) in [5.74, 6) is -0.244. The van der Waals surface area contributed by atoms with Gasteiger partial charge in [-0.15, -0.1) is 5.10 Å². The van der Waals surface area contributed by atoms with Gasteiger partial charge in [0.2, 0.25) is 5.91 Å². The van der Waals surface area contributed by atoms with Gasteiger partial charge in [0.15, 0.2) is 0 Å². The van der Waals surface area contributed by atoms with Crippen molar-refractivity contribution in [1.82, 2.24) is 15.0 Å². The Morgan fingerprint density at radius 1 is 1.15 bits per heavy atom. The molecule has 0 atom stereocenters. The molecule has 3 rings (SSSR count). The first-order valence-corrected chi connectivity index (χ1v) is 6.10. The summed E-state index contributed by atoms with van der Waals surface area (Å²) in [5, 5.41) is 20.2. The van der Waals surface area contributed by atoms with Crippen molar-refractivity contribution in [3.05, 3.63) is 48.5 Å². The van der Waals surface area contributed by atoms with Crippen molar-refractivity contribution in [2.24, 2.45) is 0 Å². The van der Waals surface area contributed by atoms with Crippen LogP contribution < -0.4 is 5.32 Å². The van der Waals surface area contributed by atoms with Crippen LogP contribution in [0.15, 0.2) is 48.5 Å². The molecule has 2 aromatic carbocycles. The van der Waals surface area contributed by atoms with Gasteiger partial charge in [0.05, 0.1) is 11.2 Å². The van der Waals surface area contributed by atoms with E-state index in [0.29, 0.717) is 5.69 Å². The Hall–Kier alpha value is -2.89. The Kier molecular flexibility index (Phi) is 3.04. The molecule has 100 valence electrons. The zero-order chi connectivity index (χ0) is 13.9. The third-order valence-corrected chi connectivity index (χ3v) is 2.89. The number of hydrogen-bond acceptors (Lipinski definition) is 4. The van der Waals surface area contributed by atoms with E-state index in [1.165, 1.54) is 10.7 Å². The predicted molar refractivity (Wildman–Crippen MR) is 74.3 cm³/mol. The highest BCUT2D eigenvalue weighted by Gasteiger charge is 2.10. The lowest BCUT2D eigenvalue weighted by Gasteiger charge is -2.07. The number of aromatic nitrogens is 3. The number of carbonyl (C=O) groups excluding carboxylic acids is 1. The molecule has 0 saturated carbocycles. The van der Waals surface area contributed by atoms with E-state index >= 15 is 0 Å². The average Bonchev–Trinajstić information content (AvgIpc) is 2.85. The molecule has 0 spiro atoms. The lowest BCUT2D eigenvalue weighted by molar-refractivity contribution is -0.116. The van der Waals surface area contributed by atoms with Crippen LogP contribution in [0.25, 0.3) is 11.0 Å². The maximum absolute atomic E-state index is 12.0. The van der Waals surface area contributed by atoms with Gasteiger partial charge in [-0.3, -0.25) is 4.79 Å². The molecule has 0 radical (unpaired) electrons. The van der Waals surface area contributed by atoms with Crippen LogP contribution in [0.5, 0.6) is 5.75 Å². The van der Waals surface area contributed by atoms with Crippen LogP contribution in [0.1, 0.15) is 0 Å². The normalized spacial score (nSPS) is 10.6. The van der Waals surface area contributed by atoms with Gasteiger partial charge in [0.25, 0.3) is 0 Å². The number of phenolic OH excluding ortho intramolecular Hbond substituents is 1. The second kappa shape index (κ2) is 5.00. The highest BCUT2D eigenvalue weighted by atomic mass is 16.3. The maximum atomic E-state index is 12.0. The summed E-state index contributed by atoms with van der Waals surface area (Å²) in [7, 11) is 0. The monoisotopic (exact) mass is 268 g/mol. The summed E-state index contributed by atoms with van der Waals surface area (Å²) < 4.78 is 1.52. The van der Waals surface area contributed by atoms with Gasteiger partial charge in [-0.25, -0.2) is 4.68 Å². The van der Waals surface area contributed by atoms with E-state index in [0.717, 1.165) is 11.0 Å². The van der Waals surface area contributed by atoms with Crippen molar-refractivity contribution in [3.63, 3.8) is 0 Å². The average molecular weight is 268 g/mol. The molecular weight excluding hydrogens is 256 g/mol. The van der Waals surface area contributed by atoms with E-state index in [1.807, 2.05) is 24.3 Å². The fourth-order valence-electron chi connectivity index (χ4n) is 1.94. The highest BCUT2D eigenvalue weighted by Crippen LogP contribution is 2.21. The van der Waals surface area contributed by atoms with Crippen LogP contribution in [-0.4, -0.2) is 26.0 Å². The van der Waals surface area contributed by atoms with E-state index in [1.54, 1.807) is 18.2 Å². The zero-order valence-corrected chi connectivity index (χ0v) is 10.5. The van der Waals surface area contributed by atoms with Gasteiger partial charge in [0, 0.05) is 0 Å². The van der Waals surface area contributed by atoms with Crippen LogP contribution in [0.3, 0.4) is 0 Å². The first-order valence-electron chi connectivity index (χ1n) is 6.10. The number of benzene rings is 2. The molecule has 3 aromatic rings. The summed E-state index contributed by atoms with van der Waals surface area (Å²) in [5.41, 5.74) is 1.91. The molecule has 2 N–H and O–H groups in total. The van der Waals surface area contributed by atoms with E-state index in [2.05, 4.69) is 15.6 Å². The number of amides is 1. The molecule has 1 aromatic heterocycles. The molecule has 0 fully saturated rings. The van der Waals surface area contributed by atoms with Crippen LogP contribution in [0.2, 0.25) is 0 Å². The van der Waals surface area contributed by atoms with E-state index in [9.17, 15) is 9.90 Å². The summed E-state index contributed by atoms with van der Waals surface area (Å²) in [6.07, 6.45) is 0. The van der Waals surface area contributed by atoms with Crippen molar-refractivity contribution in [1.29, 1.82) is 0 Å². The van der Waals surface area contributed by atoms with E-state index in [4.69, 9.17) is 0 Å². The van der Waals surface area contributed by atoms with Crippen molar-refractivity contribution in [3.8, 4) is 5.75 Å². The van der Waals surface area contributed by atoms with E-state index < -0.39 is 0 Å². The van der Waals surface area contributed by atoms with Gasteiger partial charge >= 0.3 is 0 Å². The highest BCUT2D eigenvalue weighted by molar-refractivity contribution is 5.92. The third-order valence-electron chi connectivity index (χ3n) is 2.89. The van der Waals surface area contributed by atoms with E-state index in [-0.39, 0.29) is 18.2 Å². The minimum atomic E-state index is -0.276. The summed E-state index contributed by atoms with van der Waals surface area (Å²) in [6.45, 7) is 0.0366. The van der Waals surface area contributed by atoms with Gasteiger partial charge in [-0.1, -0.05) is 29.5 Å². The van der Waals surface area contributed by atoms with Crippen LogP contribution in [0.4, 0.5) is 5.69 Å². The molecule has 0 aliphatic rings. The quantitative estimate of drug-likeness (QED) is 0.709. The van der Waals surface area contributed by atoms with Gasteiger partial charge in [-0.05, 0) is 24.3 Å². The number of anilines is 1. The Morgan fingerprint density at radius 3 is 2.75 bits per heavy atom. The van der Waals surface area contributed by atoms with Crippen molar-refractivity contribution in [2.75, 3.05) is 5.32 Å². The van der Waals surface area contributed by atoms with Gasteiger partial charge in [-0.2, -0.15) is 0 Å². The lowest BCUT2D eigenvalue weighted by Crippen LogP contribution is -2.19. The lowest BCUT2D eigenvalue weighted by atomic mass is 10.3. The summed E-state index contributed by atoms with van der Waals surface area (Å²) >= 11 is 0. The number of nitrogens with zero attached hydrogens (tertiary/aromatic N) is 3. The van der Waals surface area contributed by atoms with Gasteiger partial charge in [0.1, 0.15) is 17.8 Å². The Balaban J connectivity index is 1.78. The van der Waals surface area contributed by atoms with Gasteiger partial charge < -0.3 is 10.4 Å². The number of hydrogen-bond donors (Lipinski definition) is 2. The summed E-state index contributed by atoms with van der Waals surface area (Å²) in [6, 6.07) is 14.0. The Labute approximate surface area is 114 Å². The Bertz CT molecular complexity index is 766. The number of aromatic hydroxyl groups is 1. The second-order valence-electron chi connectivity index (χ2n) is 4.30. The molecular formula is C14H12N4O2. The van der Waals surface area contributed by atoms with Crippen molar-refractivity contribution >= 4 is 22.6 Å². The fraction of sp³-hybridized carbons (Fsp3) is 0.0714. The van der Waals surface area contributed by atoms with Crippen LogP contribution in [0, 0.1) is 0 Å². The second-order valence-corrected chi connectivity index (χ2v) is 4.30. The number of phenols is 1. The molecule has 0 saturated heterocycles. The first-order chi connectivity index (χ1) is 9.74. The first kappa shape index (κ1) is 12.2. The molecule has 0 aliphatic heterocycles. The molecule has 1 heterocycles.